The number of nitrogen functional groups attached to an aromatic ring is 1. The Bertz CT molecular complexity index is 441. The Kier molecular flexibility index (Phi) is 4.70. The van der Waals surface area contributed by atoms with Gasteiger partial charge in [0.1, 0.15) is 6.54 Å². The number of H-pyrrole nitrogens is 1. The maximum atomic E-state index is 12.0. The summed E-state index contributed by atoms with van der Waals surface area (Å²) in [7, 11) is 2.76. The number of aromatic amines is 1. The van der Waals surface area contributed by atoms with E-state index in [0.717, 1.165) is 18.5 Å². The number of methoxy groups -OCH3 is 1. The van der Waals surface area contributed by atoms with Gasteiger partial charge in [-0.05, 0) is 6.42 Å². The Morgan fingerprint density at radius 1 is 1.50 bits per heavy atom. The SMILES string of the molecule is CCCc1[nH]nc(C(=O)N(C)CC(=O)OC)c1N. The van der Waals surface area contributed by atoms with Gasteiger partial charge < -0.3 is 15.4 Å². The number of aryl methyl sites for hydroxylation is 1. The van der Waals surface area contributed by atoms with Crippen LogP contribution in [-0.2, 0) is 16.0 Å². The highest BCUT2D eigenvalue weighted by atomic mass is 16.5. The van der Waals surface area contributed by atoms with E-state index in [1.165, 1.54) is 19.1 Å². The summed E-state index contributed by atoms with van der Waals surface area (Å²) >= 11 is 0. The summed E-state index contributed by atoms with van der Waals surface area (Å²) in [6, 6.07) is 0. The van der Waals surface area contributed by atoms with Crippen LogP contribution in [0.3, 0.4) is 0 Å². The molecule has 0 bridgehead atoms. The molecule has 0 aliphatic rings. The molecule has 0 radical (unpaired) electrons. The highest BCUT2D eigenvalue weighted by Gasteiger charge is 2.21. The second kappa shape index (κ2) is 6.04. The van der Waals surface area contributed by atoms with Gasteiger partial charge in [0.25, 0.3) is 5.91 Å². The largest absolute Gasteiger partial charge is 0.468 e. The molecule has 100 valence electrons. The molecule has 0 unspecified atom stereocenters. The van der Waals surface area contributed by atoms with Gasteiger partial charge in [-0.25, -0.2) is 0 Å². The number of hydrogen-bond acceptors (Lipinski definition) is 5. The third kappa shape index (κ3) is 2.99. The van der Waals surface area contributed by atoms with E-state index >= 15 is 0 Å². The van der Waals surface area contributed by atoms with E-state index in [4.69, 9.17) is 5.73 Å². The topological polar surface area (TPSA) is 101 Å². The van der Waals surface area contributed by atoms with Crippen LogP contribution in [0.5, 0.6) is 0 Å². The number of nitrogens with zero attached hydrogens (tertiary/aromatic N) is 2. The van der Waals surface area contributed by atoms with Gasteiger partial charge in [-0.3, -0.25) is 14.7 Å². The molecule has 0 saturated carbocycles. The lowest BCUT2D eigenvalue weighted by atomic mass is 10.2. The number of aromatic nitrogens is 2. The minimum absolute atomic E-state index is 0.134. The molecule has 0 spiro atoms. The van der Waals surface area contributed by atoms with E-state index in [1.807, 2.05) is 6.92 Å². The van der Waals surface area contributed by atoms with Crippen molar-refractivity contribution in [2.24, 2.45) is 0 Å². The molecule has 1 amide bonds. The van der Waals surface area contributed by atoms with Gasteiger partial charge in [0, 0.05) is 7.05 Å². The molecule has 0 fully saturated rings. The van der Waals surface area contributed by atoms with Gasteiger partial charge in [-0.2, -0.15) is 5.10 Å². The number of hydrogen-bond donors (Lipinski definition) is 2. The van der Waals surface area contributed by atoms with Crippen LogP contribution in [0.15, 0.2) is 0 Å². The van der Waals surface area contributed by atoms with E-state index in [0.29, 0.717) is 5.69 Å². The van der Waals surface area contributed by atoms with Crippen LogP contribution in [-0.4, -0.2) is 47.7 Å². The average Bonchev–Trinajstić information content (AvgIpc) is 2.70. The van der Waals surface area contributed by atoms with Gasteiger partial charge in [0.15, 0.2) is 5.69 Å². The summed E-state index contributed by atoms with van der Waals surface area (Å²) in [6.45, 7) is 1.87. The smallest absolute Gasteiger partial charge is 0.325 e. The van der Waals surface area contributed by atoms with E-state index in [1.54, 1.807) is 0 Å². The van der Waals surface area contributed by atoms with Crippen molar-refractivity contribution in [2.45, 2.75) is 19.8 Å². The zero-order valence-corrected chi connectivity index (χ0v) is 10.8. The average molecular weight is 254 g/mol. The molecule has 0 aliphatic carbocycles. The van der Waals surface area contributed by atoms with Crippen molar-refractivity contribution in [3.05, 3.63) is 11.4 Å². The Balaban J connectivity index is 2.80. The molecule has 0 aliphatic heterocycles. The molecule has 7 heteroatoms. The van der Waals surface area contributed by atoms with Crippen molar-refractivity contribution < 1.29 is 14.3 Å². The summed E-state index contributed by atoms with van der Waals surface area (Å²) in [5.41, 5.74) is 7.07. The maximum Gasteiger partial charge on any atom is 0.325 e. The van der Waals surface area contributed by atoms with Crippen molar-refractivity contribution >= 4 is 17.6 Å². The zero-order chi connectivity index (χ0) is 13.7. The Labute approximate surface area is 105 Å². The summed E-state index contributed by atoms with van der Waals surface area (Å²) in [5, 5.41) is 6.63. The minimum Gasteiger partial charge on any atom is -0.468 e. The lowest BCUT2D eigenvalue weighted by Crippen LogP contribution is -2.33. The summed E-state index contributed by atoms with van der Waals surface area (Å²) in [5.74, 6) is -0.898. The fourth-order valence-electron chi connectivity index (χ4n) is 1.50. The summed E-state index contributed by atoms with van der Waals surface area (Å²) in [4.78, 5) is 24.3. The lowest BCUT2D eigenvalue weighted by molar-refractivity contribution is -0.141. The number of carbonyl (C=O) groups excluding carboxylic acids is 2. The highest BCUT2D eigenvalue weighted by molar-refractivity contribution is 5.98. The fourth-order valence-corrected chi connectivity index (χ4v) is 1.50. The number of carbonyl (C=O) groups is 2. The molecule has 3 N–H and O–H groups in total. The van der Waals surface area contributed by atoms with Crippen LogP contribution in [0.4, 0.5) is 5.69 Å². The van der Waals surface area contributed by atoms with E-state index in [9.17, 15) is 9.59 Å². The summed E-state index contributed by atoms with van der Waals surface area (Å²) in [6.07, 6.45) is 1.63. The van der Waals surface area contributed by atoms with Gasteiger partial charge in [0.2, 0.25) is 0 Å². The number of nitrogens with two attached hydrogens (primary N) is 1. The van der Waals surface area contributed by atoms with Crippen LogP contribution < -0.4 is 5.73 Å². The molecule has 0 atom stereocenters. The molecule has 7 nitrogen and oxygen atoms in total. The van der Waals surface area contributed by atoms with Crippen LogP contribution in [0.1, 0.15) is 29.5 Å². The van der Waals surface area contributed by atoms with Crippen molar-refractivity contribution in [1.82, 2.24) is 15.1 Å². The molecular weight excluding hydrogens is 236 g/mol. The Hall–Kier alpha value is -2.05. The second-order valence-corrected chi connectivity index (χ2v) is 3.95. The predicted octanol–water partition coefficient (Wildman–Crippen LogP) is 0.189. The van der Waals surface area contributed by atoms with Crippen molar-refractivity contribution in [3.8, 4) is 0 Å². The number of likely N-dealkylation sites (N-methyl/N-ethyl adjacent to an activating group) is 1. The number of nitrogens with one attached hydrogen (secondary N) is 1. The molecule has 1 rings (SSSR count). The van der Waals surface area contributed by atoms with E-state index in [-0.39, 0.29) is 12.2 Å². The van der Waals surface area contributed by atoms with Crippen LogP contribution in [0, 0.1) is 0 Å². The van der Waals surface area contributed by atoms with Crippen LogP contribution in [0.25, 0.3) is 0 Å². The fraction of sp³-hybridized carbons (Fsp3) is 0.545. The Morgan fingerprint density at radius 2 is 2.17 bits per heavy atom. The number of rotatable bonds is 5. The number of anilines is 1. The lowest BCUT2D eigenvalue weighted by Gasteiger charge is -2.14. The summed E-state index contributed by atoms with van der Waals surface area (Å²) < 4.78 is 4.49. The first-order valence-electron chi connectivity index (χ1n) is 5.66. The number of amides is 1. The predicted molar refractivity (Wildman–Crippen MR) is 66.0 cm³/mol. The monoisotopic (exact) mass is 254 g/mol. The van der Waals surface area contributed by atoms with Crippen molar-refractivity contribution in [2.75, 3.05) is 26.4 Å². The minimum atomic E-state index is -0.492. The third-order valence-electron chi connectivity index (χ3n) is 2.53. The molecule has 1 aromatic rings. The van der Waals surface area contributed by atoms with Gasteiger partial charge in [-0.15, -0.1) is 0 Å². The van der Waals surface area contributed by atoms with Gasteiger partial charge in [0.05, 0.1) is 18.5 Å². The standard InChI is InChI=1S/C11H18N4O3/c1-4-5-7-9(12)10(14-13-7)11(17)15(2)6-8(16)18-3/h4-6,12H2,1-3H3,(H,13,14). The maximum absolute atomic E-state index is 12.0. The highest BCUT2D eigenvalue weighted by Crippen LogP contribution is 2.16. The van der Waals surface area contributed by atoms with Crippen molar-refractivity contribution in [1.29, 1.82) is 0 Å². The van der Waals surface area contributed by atoms with Crippen molar-refractivity contribution in [3.63, 3.8) is 0 Å². The first-order valence-corrected chi connectivity index (χ1v) is 5.66. The zero-order valence-electron chi connectivity index (χ0n) is 10.8. The Morgan fingerprint density at radius 3 is 2.72 bits per heavy atom. The first kappa shape index (κ1) is 14.0. The van der Waals surface area contributed by atoms with E-state index < -0.39 is 11.9 Å². The van der Waals surface area contributed by atoms with Crippen LogP contribution >= 0.6 is 0 Å². The molecule has 18 heavy (non-hydrogen) atoms. The second-order valence-electron chi connectivity index (χ2n) is 3.95. The van der Waals surface area contributed by atoms with Gasteiger partial charge in [-0.1, -0.05) is 13.3 Å². The molecule has 1 heterocycles. The van der Waals surface area contributed by atoms with Crippen LogP contribution in [0.2, 0.25) is 0 Å². The normalized spacial score (nSPS) is 10.2. The third-order valence-corrected chi connectivity index (χ3v) is 2.53. The number of ether oxygens (including phenoxy) is 1. The molecule has 0 saturated heterocycles. The molecule has 1 aromatic heterocycles. The van der Waals surface area contributed by atoms with Gasteiger partial charge >= 0.3 is 5.97 Å². The van der Waals surface area contributed by atoms with E-state index in [2.05, 4.69) is 14.9 Å². The number of esters is 1. The quantitative estimate of drug-likeness (QED) is 0.730. The molecule has 0 aromatic carbocycles. The first-order chi connectivity index (χ1) is 8.51. The molecular formula is C11H18N4O3.